The highest BCUT2D eigenvalue weighted by molar-refractivity contribution is 6.72. The van der Waals surface area contributed by atoms with Gasteiger partial charge in [0, 0.05) is 14.1 Å². The topological polar surface area (TPSA) is 52.9 Å². The van der Waals surface area contributed by atoms with Crippen LogP contribution >= 0.6 is 0 Å². The van der Waals surface area contributed by atoms with Crippen molar-refractivity contribution in [3.05, 3.63) is 0 Å². The van der Waals surface area contributed by atoms with Crippen LogP contribution in [0.4, 0.5) is 8.78 Å². The summed E-state index contributed by atoms with van der Waals surface area (Å²) in [5, 5.41) is -0.689. The van der Waals surface area contributed by atoms with E-state index in [-0.39, 0.29) is 6.42 Å². The first-order chi connectivity index (χ1) is 8.79. The Hall–Kier alpha value is -0.823. The molecule has 0 aliphatic heterocycles. The van der Waals surface area contributed by atoms with E-state index in [0.717, 1.165) is 0 Å². The maximum absolute atomic E-state index is 13.1. The minimum Gasteiger partial charge on any atom is -0.432 e. The Balaban J connectivity index is 5.20. The van der Waals surface area contributed by atoms with Crippen LogP contribution in [0.15, 0.2) is 4.99 Å². The molecular formula is C13H26F2N2O2Si. The molecule has 0 radical (unpaired) electrons. The van der Waals surface area contributed by atoms with Crippen molar-refractivity contribution < 1.29 is 18.4 Å². The monoisotopic (exact) mass is 308 g/mol. The maximum atomic E-state index is 13.1. The second-order valence-corrected chi connectivity index (χ2v) is 11.0. The lowest BCUT2D eigenvalue weighted by Crippen LogP contribution is -2.42. The standard InChI is InChI=1S/C13H26F2N2O2Si/c1-9(17(4)5)16-12(18)10(11(14)15)8-13(2,3)20(6,7)19/h10-11,19H,8H2,1-7H3/b16-9+. The number of hydrogen-bond donors (Lipinski definition) is 1. The Labute approximate surface area is 121 Å². The predicted molar refractivity (Wildman–Crippen MR) is 79.7 cm³/mol. The molecule has 0 aliphatic carbocycles. The average molecular weight is 308 g/mol. The second-order valence-electron chi connectivity index (χ2n) is 6.48. The van der Waals surface area contributed by atoms with Gasteiger partial charge in [-0.15, -0.1) is 0 Å². The van der Waals surface area contributed by atoms with E-state index in [1.807, 2.05) is 0 Å². The van der Waals surface area contributed by atoms with Crippen molar-refractivity contribution in [1.82, 2.24) is 4.90 Å². The van der Waals surface area contributed by atoms with Gasteiger partial charge in [-0.3, -0.25) is 4.79 Å². The summed E-state index contributed by atoms with van der Waals surface area (Å²) in [7, 11) is 0.738. The number of halogens is 2. The van der Waals surface area contributed by atoms with Gasteiger partial charge in [0.25, 0.3) is 5.91 Å². The number of amidine groups is 1. The van der Waals surface area contributed by atoms with E-state index in [1.165, 1.54) is 0 Å². The van der Waals surface area contributed by atoms with Crippen molar-refractivity contribution in [2.75, 3.05) is 14.1 Å². The van der Waals surface area contributed by atoms with Crippen LogP contribution in [0.25, 0.3) is 0 Å². The SMILES string of the molecule is C/C(=N\C(=O)C(CC(C)(C)[Si](C)(C)O)C(F)F)N(C)C. The van der Waals surface area contributed by atoms with Crippen LogP contribution < -0.4 is 0 Å². The van der Waals surface area contributed by atoms with Gasteiger partial charge in [0.2, 0.25) is 6.43 Å². The van der Waals surface area contributed by atoms with Crippen LogP contribution in [-0.2, 0) is 4.79 Å². The fourth-order valence-electron chi connectivity index (χ4n) is 1.43. The van der Waals surface area contributed by atoms with Gasteiger partial charge < -0.3 is 9.70 Å². The summed E-state index contributed by atoms with van der Waals surface area (Å²) in [5.74, 6) is -1.91. The van der Waals surface area contributed by atoms with Crippen molar-refractivity contribution in [1.29, 1.82) is 0 Å². The molecule has 0 bridgehead atoms. The van der Waals surface area contributed by atoms with Crippen LogP contribution in [0.1, 0.15) is 27.2 Å². The highest BCUT2D eigenvalue weighted by Gasteiger charge is 2.43. The van der Waals surface area contributed by atoms with Crippen molar-refractivity contribution in [3.8, 4) is 0 Å². The second kappa shape index (κ2) is 6.75. The van der Waals surface area contributed by atoms with Crippen molar-refractivity contribution >= 4 is 20.1 Å². The lowest BCUT2D eigenvalue weighted by atomic mass is 9.96. The summed E-state index contributed by atoms with van der Waals surface area (Å²) in [4.78, 5) is 27.4. The molecule has 0 fully saturated rings. The fourth-order valence-corrected chi connectivity index (χ4v) is 2.15. The summed E-state index contributed by atoms with van der Waals surface area (Å²) in [6, 6.07) is 0. The fraction of sp³-hybridized carbons (Fsp3) is 0.846. The molecule has 0 rings (SSSR count). The van der Waals surface area contributed by atoms with Gasteiger partial charge in [-0.05, 0) is 31.5 Å². The highest BCUT2D eigenvalue weighted by Crippen LogP contribution is 2.43. The Morgan fingerprint density at radius 3 is 2.10 bits per heavy atom. The summed E-state index contributed by atoms with van der Waals surface area (Å²) in [5.41, 5.74) is 0. The lowest BCUT2D eigenvalue weighted by Gasteiger charge is -2.37. The zero-order valence-electron chi connectivity index (χ0n) is 13.4. The average Bonchev–Trinajstić information content (AvgIpc) is 2.23. The van der Waals surface area contributed by atoms with E-state index < -0.39 is 31.6 Å². The molecule has 0 aliphatic rings. The first-order valence-corrected chi connectivity index (χ1v) is 9.51. The number of nitrogens with zero attached hydrogens (tertiary/aromatic N) is 2. The Morgan fingerprint density at radius 1 is 1.35 bits per heavy atom. The van der Waals surface area contributed by atoms with E-state index in [1.54, 1.807) is 52.9 Å². The number of rotatable bonds is 5. The highest BCUT2D eigenvalue weighted by atomic mass is 28.4. The molecule has 1 unspecified atom stereocenters. The van der Waals surface area contributed by atoms with Crippen molar-refractivity contribution in [3.63, 3.8) is 0 Å². The third kappa shape index (κ3) is 5.28. The molecule has 1 atom stereocenters. The molecule has 1 N–H and O–H groups in total. The quantitative estimate of drug-likeness (QED) is 0.483. The first kappa shape index (κ1) is 19.2. The largest absolute Gasteiger partial charge is 0.432 e. The molecule has 0 heterocycles. The van der Waals surface area contributed by atoms with E-state index in [9.17, 15) is 18.4 Å². The number of carbonyl (C=O) groups excluding carboxylic acids is 1. The third-order valence-electron chi connectivity index (χ3n) is 3.93. The molecule has 0 saturated heterocycles. The molecule has 20 heavy (non-hydrogen) atoms. The Kier molecular flexibility index (Phi) is 6.48. The van der Waals surface area contributed by atoms with Gasteiger partial charge in [-0.1, -0.05) is 13.8 Å². The molecule has 1 amide bonds. The van der Waals surface area contributed by atoms with Crippen LogP contribution in [0.3, 0.4) is 0 Å². The number of alkyl halides is 2. The summed E-state index contributed by atoms with van der Waals surface area (Å²) < 4.78 is 26.3. The van der Waals surface area contributed by atoms with E-state index in [4.69, 9.17) is 0 Å². The van der Waals surface area contributed by atoms with Crippen LogP contribution in [-0.4, -0.2) is 50.3 Å². The minimum absolute atomic E-state index is 0.0660. The van der Waals surface area contributed by atoms with Crippen LogP contribution in [0, 0.1) is 5.92 Å². The molecule has 0 aromatic heterocycles. The molecular weight excluding hydrogens is 282 g/mol. The van der Waals surface area contributed by atoms with E-state index in [0.29, 0.717) is 5.84 Å². The lowest BCUT2D eigenvalue weighted by molar-refractivity contribution is -0.127. The maximum Gasteiger partial charge on any atom is 0.256 e. The molecule has 0 saturated carbocycles. The summed E-state index contributed by atoms with van der Waals surface area (Å²) >= 11 is 0. The van der Waals surface area contributed by atoms with Crippen molar-refractivity contribution in [2.45, 2.75) is 51.7 Å². The van der Waals surface area contributed by atoms with Crippen molar-refractivity contribution in [2.24, 2.45) is 10.9 Å². The van der Waals surface area contributed by atoms with Crippen LogP contribution in [0.2, 0.25) is 18.1 Å². The molecule has 0 spiro atoms. The van der Waals surface area contributed by atoms with Gasteiger partial charge in [0.15, 0.2) is 8.32 Å². The molecule has 118 valence electrons. The number of carbonyl (C=O) groups is 1. The minimum atomic E-state index is -2.78. The Bertz CT molecular complexity index is 377. The van der Waals surface area contributed by atoms with Gasteiger partial charge >= 0.3 is 0 Å². The molecule has 0 aromatic rings. The van der Waals surface area contributed by atoms with Crippen LogP contribution in [0.5, 0.6) is 0 Å². The number of aliphatic imine (C=N–C) groups is 1. The molecule has 0 aromatic carbocycles. The normalized spacial score (nSPS) is 15.4. The van der Waals surface area contributed by atoms with Gasteiger partial charge in [0.05, 0.1) is 0 Å². The predicted octanol–water partition coefficient (Wildman–Crippen LogP) is 2.74. The van der Waals surface area contributed by atoms with Gasteiger partial charge in [0.1, 0.15) is 11.8 Å². The number of amides is 1. The molecule has 7 heteroatoms. The number of hydrogen-bond acceptors (Lipinski definition) is 2. The Morgan fingerprint density at radius 2 is 1.80 bits per heavy atom. The third-order valence-corrected chi connectivity index (χ3v) is 7.44. The summed E-state index contributed by atoms with van der Waals surface area (Å²) in [6.07, 6.45) is -2.85. The van der Waals surface area contributed by atoms with E-state index in [2.05, 4.69) is 4.99 Å². The molecule has 4 nitrogen and oxygen atoms in total. The summed E-state index contributed by atoms with van der Waals surface area (Å²) in [6.45, 7) is 8.42. The van der Waals surface area contributed by atoms with Gasteiger partial charge in [-0.25, -0.2) is 13.8 Å². The zero-order valence-corrected chi connectivity index (χ0v) is 14.4. The zero-order chi connectivity index (χ0) is 16.3. The smallest absolute Gasteiger partial charge is 0.256 e. The first-order valence-electron chi connectivity index (χ1n) is 6.56. The van der Waals surface area contributed by atoms with Gasteiger partial charge in [-0.2, -0.15) is 0 Å². The van der Waals surface area contributed by atoms with E-state index >= 15 is 0 Å².